The fraction of sp³-hybridized carbons (Fsp3) is 0.263. The molecule has 4 rings (SSSR count). The third-order valence-electron chi connectivity index (χ3n) is 4.33. The maximum atomic E-state index is 5.41. The molecule has 132 valence electrons. The van der Waals surface area contributed by atoms with Gasteiger partial charge in [0.2, 0.25) is 11.7 Å². The zero-order chi connectivity index (χ0) is 17.9. The maximum absolute atomic E-state index is 5.41. The summed E-state index contributed by atoms with van der Waals surface area (Å²) in [7, 11) is 1.66. The Balaban J connectivity index is 1.50. The molecule has 0 atom stereocenters. The molecule has 0 fully saturated rings. The van der Waals surface area contributed by atoms with Gasteiger partial charge in [-0.15, -0.1) is 5.10 Å². The number of methoxy groups -OCH3 is 1. The first-order valence-corrected chi connectivity index (χ1v) is 8.56. The van der Waals surface area contributed by atoms with Crippen LogP contribution >= 0.6 is 0 Å². The zero-order valence-corrected chi connectivity index (χ0v) is 14.7. The molecule has 0 spiro atoms. The van der Waals surface area contributed by atoms with Crippen LogP contribution in [-0.2, 0) is 19.4 Å². The second-order valence-corrected chi connectivity index (χ2v) is 5.97. The lowest BCUT2D eigenvalue weighted by Gasteiger charge is -2.01. The molecule has 0 saturated carbocycles. The van der Waals surface area contributed by atoms with E-state index in [0.29, 0.717) is 18.1 Å². The van der Waals surface area contributed by atoms with Gasteiger partial charge in [-0.05, 0) is 49.2 Å². The minimum atomic E-state index is 0.584. The second-order valence-electron chi connectivity index (χ2n) is 5.97. The van der Waals surface area contributed by atoms with Crippen LogP contribution in [0.3, 0.4) is 0 Å². The first-order chi connectivity index (χ1) is 12.8. The van der Waals surface area contributed by atoms with Gasteiger partial charge in [-0.25, -0.2) is 4.68 Å². The van der Waals surface area contributed by atoms with Crippen molar-refractivity contribution in [1.82, 2.24) is 25.1 Å². The van der Waals surface area contributed by atoms with E-state index in [1.165, 1.54) is 5.56 Å². The highest BCUT2D eigenvalue weighted by Crippen LogP contribution is 2.22. The molecule has 0 unspecified atom stereocenters. The molecule has 0 aliphatic heterocycles. The molecule has 4 aromatic rings. The Labute approximate surface area is 150 Å². The highest BCUT2D eigenvalue weighted by molar-refractivity contribution is 5.79. The Bertz CT molecular complexity index is 1020. The molecule has 7 heteroatoms. The fourth-order valence-corrected chi connectivity index (χ4v) is 2.85. The van der Waals surface area contributed by atoms with E-state index in [2.05, 4.69) is 20.5 Å². The van der Waals surface area contributed by atoms with Crippen LogP contribution in [0.15, 0.2) is 47.0 Å². The number of nitrogens with zero attached hydrogens (tertiary/aromatic N) is 5. The van der Waals surface area contributed by atoms with Gasteiger partial charge in [0.1, 0.15) is 11.3 Å². The molecule has 2 aromatic carbocycles. The Hall–Kier alpha value is -3.22. The average molecular weight is 349 g/mol. The Kier molecular flexibility index (Phi) is 4.35. The van der Waals surface area contributed by atoms with Gasteiger partial charge in [-0.3, -0.25) is 0 Å². The van der Waals surface area contributed by atoms with Gasteiger partial charge in [0.25, 0.3) is 0 Å². The highest BCUT2D eigenvalue weighted by atomic mass is 16.5. The van der Waals surface area contributed by atoms with E-state index in [0.717, 1.165) is 35.3 Å². The van der Waals surface area contributed by atoms with Crippen molar-refractivity contribution in [2.75, 3.05) is 7.11 Å². The number of hydrogen-bond acceptors (Lipinski definition) is 6. The van der Waals surface area contributed by atoms with Crippen molar-refractivity contribution in [1.29, 1.82) is 0 Å². The van der Waals surface area contributed by atoms with E-state index >= 15 is 0 Å². The number of aromatic nitrogens is 5. The van der Waals surface area contributed by atoms with E-state index < -0.39 is 0 Å². The zero-order valence-electron chi connectivity index (χ0n) is 14.7. The SMILES string of the molecule is CCn1nnc2ccc(-c3noc(CCc4ccc(OC)cc4)n3)cc21. The minimum absolute atomic E-state index is 0.584. The van der Waals surface area contributed by atoms with Crippen LogP contribution in [0.2, 0.25) is 0 Å². The van der Waals surface area contributed by atoms with Crippen LogP contribution in [0.1, 0.15) is 18.4 Å². The van der Waals surface area contributed by atoms with Crippen molar-refractivity contribution in [3.05, 3.63) is 53.9 Å². The van der Waals surface area contributed by atoms with Gasteiger partial charge in [-0.2, -0.15) is 4.98 Å². The molecule has 7 nitrogen and oxygen atoms in total. The van der Waals surface area contributed by atoms with Gasteiger partial charge >= 0.3 is 0 Å². The summed E-state index contributed by atoms with van der Waals surface area (Å²) in [6.07, 6.45) is 1.52. The van der Waals surface area contributed by atoms with Gasteiger partial charge < -0.3 is 9.26 Å². The van der Waals surface area contributed by atoms with E-state index in [4.69, 9.17) is 9.26 Å². The summed E-state index contributed by atoms with van der Waals surface area (Å²) in [4.78, 5) is 4.52. The lowest BCUT2D eigenvalue weighted by Crippen LogP contribution is -1.96. The van der Waals surface area contributed by atoms with Crippen LogP contribution in [0.4, 0.5) is 0 Å². The van der Waals surface area contributed by atoms with Crippen LogP contribution in [-0.4, -0.2) is 32.2 Å². The largest absolute Gasteiger partial charge is 0.497 e. The normalized spacial score (nSPS) is 11.2. The molecule has 0 radical (unpaired) electrons. The van der Waals surface area contributed by atoms with Crippen LogP contribution in [0, 0.1) is 0 Å². The number of fused-ring (bicyclic) bond motifs is 1. The van der Waals surface area contributed by atoms with Gasteiger partial charge in [0, 0.05) is 18.5 Å². The van der Waals surface area contributed by atoms with Crippen LogP contribution < -0.4 is 4.74 Å². The quantitative estimate of drug-likeness (QED) is 0.531. The summed E-state index contributed by atoms with van der Waals surface area (Å²) in [6, 6.07) is 13.9. The van der Waals surface area contributed by atoms with Crippen molar-refractivity contribution >= 4 is 11.0 Å². The van der Waals surface area contributed by atoms with E-state index in [1.807, 2.05) is 54.1 Å². The molecule has 0 aliphatic rings. The summed E-state index contributed by atoms with van der Waals surface area (Å²) < 4.78 is 12.4. The van der Waals surface area contributed by atoms with Crippen molar-refractivity contribution in [2.24, 2.45) is 0 Å². The standard InChI is InChI=1S/C19H19N5O2/c1-3-24-17-12-14(7-10-16(17)21-23-24)19-20-18(26-22-19)11-6-13-4-8-15(25-2)9-5-13/h4-5,7-10,12H,3,6,11H2,1-2H3. The number of rotatable bonds is 6. The minimum Gasteiger partial charge on any atom is -0.497 e. The average Bonchev–Trinajstić information content (AvgIpc) is 3.33. The molecular weight excluding hydrogens is 330 g/mol. The molecule has 2 aromatic heterocycles. The third-order valence-corrected chi connectivity index (χ3v) is 4.33. The fourth-order valence-electron chi connectivity index (χ4n) is 2.85. The lowest BCUT2D eigenvalue weighted by molar-refractivity contribution is 0.379. The summed E-state index contributed by atoms with van der Waals surface area (Å²) in [5, 5.41) is 12.4. The third kappa shape index (κ3) is 3.15. The Morgan fingerprint density at radius 2 is 1.92 bits per heavy atom. The van der Waals surface area contributed by atoms with Crippen molar-refractivity contribution < 1.29 is 9.26 Å². The first-order valence-electron chi connectivity index (χ1n) is 8.56. The van der Waals surface area contributed by atoms with Gasteiger partial charge in [0.15, 0.2) is 0 Å². The lowest BCUT2D eigenvalue weighted by atomic mass is 10.1. The van der Waals surface area contributed by atoms with Gasteiger partial charge in [-0.1, -0.05) is 22.5 Å². The number of hydrogen-bond donors (Lipinski definition) is 0. The highest BCUT2D eigenvalue weighted by Gasteiger charge is 2.11. The second kappa shape index (κ2) is 6.95. The molecule has 0 amide bonds. The summed E-state index contributed by atoms with van der Waals surface area (Å²) in [5.41, 5.74) is 3.92. The molecule has 0 saturated heterocycles. The maximum Gasteiger partial charge on any atom is 0.227 e. The van der Waals surface area contributed by atoms with Crippen molar-refractivity contribution in [2.45, 2.75) is 26.3 Å². The van der Waals surface area contributed by atoms with Crippen molar-refractivity contribution in [3.8, 4) is 17.1 Å². The van der Waals surface area contributed by atoms with E-state index in [-0.39, 0.29) is 0 Å². The monoisotopic (exact) mass is 349 g/mol. The molecule has 0 bridgehead atoms. The van der Waals surface area contributed by atoms with Gasteiger partial charge in [0.05, 0.1) is 12.6 Å². The summed E-state index contributed by atoms with van der Waals surface area (Å²) in [6.45, 7) is 2.80. The topological polar surface area (TPSA) is 78.9 Å². The van der Waals surface area contributed by atoms with Crippen LogP contribution in [0.5, 0.6) is 5.75 Å². The Morgan fingerprint density at radius 3 is 2.69 bits per heavy atom. The van der Waals surface area contributed by atoms with Crippen molar-refractivity contribution in [3.63, 3.8) is 0 Å². The predicted molar refractivity (Wildman–Crippen MR) is 96.9 cm³/mol. The van der Waals surface area contributed by atoms with E-state index in [9.17, 15) is 0 Å². The molecule has 0 N–H and O–H groups in total. The number of aryl methyl sites for hydroxylation is 3. The van der Waals surface area contributed by atoms with E-state index in [1.54, 1.807) is 7.11 Å². The summed E-state index contributed by atoms with van der Waals surface area (Å²) >= 11 is 0. The first kappa shape index (κ1) is 16.3. The number of ether oxygens (including phenoxy) is 1. The molecule has 2 heterocycles. The predicted octanol–water partition coefficient (Wildman–Crippen LogP) is 3.30. The van der Waals surface area contributed by atoms with Crippen LogP contribution in [0.25, 0.3) is 22.4 Å². The molecule has 26 heavy (non-hydrogen) atoms. The molecule has 0 aliphatic carbocycles. The number of benzene rings is 2. The smallest absolute Gasteiger partial charge is 0.227 e. The Morgan fingerprint density at radius 1 is 1.08 bits per heavy atom. The summed E-state index contributed by atoms with van der Waals surface area (Å²) in [5.74, 6) is 2.06. The molecular formula is C19H19N5O2.